The van der Waals surface area contributed by atoms with E-state index < -0.39 is 34.1 Å². The van der Waals surface area contributed by atoms with Crippen LogP contribution in [0.1, 0.15) is 5.56 Å². The number of ether oxygens (including phenoxy) is 1. The van der Waals surface area contributed by atoms with Crippen LogP contribution in [0, 0.1) is 0 Å². The molecule has 9 heteroatoms. The minimum atomic E-state index is -4.61. The van der Waals surface area contributed by atoms with Crippen molar-refractivity contribution >= 4 is 21.4 Å². The first-order chi connectivity index (χ1) is 14.2. The van der Waals surface area contributed by atoms with Gasteiger partial charge in [0.2, 0.25) is 9.84 Å². The number of alkyl halides is 3. The van der Waals surface area contributed by atoms with E-state index in [2.05, 4.69) is 5.32 Å². The van der Waals surface area contributed by atoms with Crippen LogP contribution in [-0.2, 0) is 20.8 Å². The van der Waals surface area contributed by atoms with E-state index in [9.17, 15) is 26.4 Å². The third kappa shape index (κ3) is 4.98. The number of para-hydroxylation sites is 1. The van der Waals surface area contributed by atoms with Gasteiger partial charge in [-0.2, -0.15) is 13.2 Å². The number of carbonyl (C=O) groups excluding carboxylic acids is 1. The molecule has 0 saturated heterocycles. The quantitative estimate of drug-likeness (QED) is 0.616. The van der Waals surface area contributed by atoms with Crippen molar-refractivity contribution in [1.82, 2.24) is 0 Å². The monoisotopic (exact) mass is 435 g/mol. The fraction of sp³-hybridized carbons (Fsp3) is 0.0952. The zero-order valence-electron chi connectivity index (χ0n) is 15.4. The van der Waals surface area contributed by atoms with E-state index in [1.165, 1.54) is 48.5 Å². The number of nitrogens with one attached hydrogen (secondary N) is 1. The van der Waals surface area contributed by atoms with Crippen LogP contribution in [-0.4, -0.2) is 20.9 Å². The lowest BCUT2D eigenvalue weighted by atomic mass is 10.1. The molecule has 0 heterocycles. The Kier molecular flexibility index (Phi) is 6.12. The van der Waals surface area contributed by atoms with Crippen LogP contribution in [0.2, 0.25) is 0 Å². The number of hydrogen-bond donors (Lipinski definition) is 1. The van der Waals surface area contributed by atoms with Gasteiger partial charge in [0.05, 0.1) is 21.0 Å². The highest BCUT2D eigenvalue weighted by Crippen LogP contribution is 2.34. The summed E-state index contributed by atoms with van der Waals surface area (Å²) in [6.07, 6.45) is -4.61. The number of hydrogen-bond acceptors (Lipinski definition) is 4. The molecule has 5 nitrogen and oxygen atoms in total. The molecule has 1 amide bonds. The highest BCUT2D eigenvalue weighted by atomic mass is 32.2. The second-order valence-corrected chi connectivity index (χ2v) is 8.12. The zero-order chi connectivity index (χ0) is 21.8. The van der Waals surface area contributed by atoms with E-state index in [0.717, 1.165) is 12.1 Å². The molecule has 3 aromatic carbocycles. The van der Waals surface area contributed by atoms with Gasteiger partial charge in [-0.3, -0.25) is 4.79 Å². The van der Waals surface area contributed by atoms with Crippen LogP contribution < -0.4 is 10.1 Å². The maximum Gasteiger partial charge on any atom is 0.418 e. The highest BCUT2D eigenvalue weighted by molar-refractivity contribution is 7.91. The van der Waals surface area contributed by atoms with Crippen LogP contribution >= 0.6 is 0 Å². The zero-order valence-corrected chi connectivity index (χ0v) is 16.2. The molecular formula is C21H16F3NO4S. The van der Waals surface area contributed by atoms with Crippen molar-refractivity contribution in [2.75, 3.05) is 11.9 Å². The van der Waals surface area contributed by atoms with E-state index in [4.69, 9.17) is 4.74 Å². The van der Waals surface area contributed by atoms with Crippen LogP contribution in [0.3, 0.4) is 0 Å². The van der Waals surface area contributed by atoms with Crippen LogP contribution in [0.25, 0.3) is 0 Å². The van der Waals surface area contributed by atoms with Crippen molar-refractivity contribution < 1.29 is 31.1 Å². The van der Waals surface area contributed by atoms with Crippen LogP contribution in [0.5, 0.6) is 5.75 Å². The van der Waals surface area contributed by atoms with Crippen molar-refractivity contribution in [3.05, 3.63) is 84.4 Å². The number of benzene rings is 3. The summed E-state index contributed by atoms with van der Waals surface area (Å²) in [5, 5.41) is 2.16. The van der Waals surface area contributed by atoms with Gasteiger partial charge in [0.15, 0.2) is 6.61 Å². The Balaban J connectivity index is 1.64. The molecule has 0 aromatic heterocycles. The number of rotatable bonds is 6. The summed E-state index contributed by atoms with van der Waals surface area (Å²) in [6, 6.07) is 17.9. The van der Waals surface area contributed by atoms with Gasteiger partial charge >= 0.3 is 6.18 Å². The first-order valence-corrected chi connectivity index (χ1v) is 10.2. The molecule has 1 N–H and O–H groups in total. The standard InChI is InChI=1S/C21H16F3NO4S/c22-21(23,24)18-8-4-5-9-19(18)25-20(26)14-29-15-10-12-17(13-11-15)30(27,28)16-6-2-1-3-7-16/h1-13H,14H2,(H,25,26). The van der Waals surface area contributed by atoms with Crippen molar-refractivity contribution in [1.29, 1.82) is 0 Å². The van der Waals surface area contributed by atoms with Gasteiger partial charge in [0, 0.05) is 0 Å². The molecule has 0 aliphatic heterocycles. The Morgan fingerprint density at radius 1 is 0.833 bits per heavy atom. The van der Waals surface area contributed by atoms with Crippen LogP contribution in [0.4, 0.5) is 18.9 Å². The molecule has 0 spiro atoms. The largest absolute Gasteiger partial charge is 0.484 e. The third-order valence-electron chi connectivity index (χ3n) is 4.06. The number of sulfone groups is 1. The second kappa shape index (κ2) is 8.58. The summed E-state index contributed by atoms with van der Waals surface area (Å²) in [6.45, 7) is -0.545. The van der Waals surface area contributed by atoms with E-state index in [-0.39, 0.29) is 21.2 Å². The Hall–Kier alpha value is -3.33. The van der Waals surface area contributed by atoms with Gasteiger partial charge in [-0.05, 0) is 48.5 Å². The van der Waals surface area contributed by atoms with E-state index in [1.807, 2.05) is 0 Å². The van der Waals surface area contributed by atoms with E-state index in [0.29, 0.717) is 0 Å². The molecule has 0 atom stereocenters. The molecule has 3 rings (SSSR count). The highest BCUT2D eigenvalue weighted by Gasteiger charge is 2.33. The first kappa shape index (κ1) is 21.4. The van der Waals surface area contributed by atoms with Gasteiger partial charge in [0.25, 0.3) is 5.91 Å². The van der Waals surface area contributed by atoms with Crippen molar-refractivity contribution in [3.63, 3.8) is 0 Å². The van der Waals surface area contributed by atoms with Gasteiger partial charge in [-0.15, -0.1) is 0 Å². The fourth-order valence-corrected chi connectivity index (χ4v) is 3.91. The summed E-state index contributed by atoms with van der Waals surface area (Å²) >= 11 is 0. The minimum Gasteiger partial charge on any atom is -0.484 e. The second-order valence-electron chi connectivity index (χ2n) is 6.17. The number of anilines is 1. The summed E-state index contributed by atoms with van der Waals surface area (Å²) in [5.74, 6) is -0.589. The summed E-state index contributed by atoms with van der Waals surface area (Å²) in [4.78, 5) is 12.2. The minimum absolute atomic E-state index is 0.0459. The molecular weight excluding hydrogens is 419 g/mol. The SMILES string of the molecule is O=C(COc1ccc(S(=O)(=O)c2ccccc2)cc1)Nc1ccccc1C(F)(F)F. The summed E-state index contributed by atoms with van der Waals surface area (Å²) in [5.41, 5.74) is -1.34. The Morgan fingerprint density at radius 3 is 2.03 bits per heavy atom. The number of carbonyl (C=O) groups is 1. The topological polar surface area (TPSA) is 72.5 Å². The summed E-state index contributed by atoms with van der Waals surface area (Å²) < 4.78 is 69.2. The van der Waals surface area contributed by atoms with Gasteiger partial charge in [-0.25, -0.2) is 8.42 Å². The summed E-state index contributed by atoms with van der Waals surface area (Å²) in [7, 11) is -3.69. The molecule has 3 aromatic rings. The molecule has 0 unspecified atom stereocenters. The first-order valence-electron chi connectivity index (χ1n) is 8.67. The van der Waals surface area contributed by atoms with Crippen molar-refractivity contribution in [3.8, 4) is 5.75 Å². The van der Waals surface area contributed by atoms with Gasteiger partial charge in [-0.1, -0.05) is 30.3 Å². The Bertz CT molecular complexity index is 1130. The molecule has 156 valence electrons. The normalized spacial score (nSPS) is 11.7. The van der Waals surface area contributed by atoms with Gasteiger partial charge < -0.3 is 10.1 Å². The van der Waals surface area contributed by atoms with Crippen LogP contribution in [0.15, 0.2) is 88.7 Å². The average molecular weight is 435 g/mol. The maximum absolute atomic E-state index is 13.0. The van der Waals surface area contributed by atoms with E-state index >= 15 is 0 Å². The average Bonchev–Trinajstić information content (AvgIpc) is 2.73. The van der Waals surface area contributed by atoms with E-state index in [1.54, 1.807) is 18.2 Å². The fourth-order valence-electron chi connectivity index (χ4n) is 2.63. The predicted octanol–water partition coefficient (Wildman–Crippen LogP) is 4.56. The molecule has 0 bridgehead atoms. The lowest BCUT2D eigenvalue weighted by Gasteiger charge is -2.14. The predicted molar refractivity (Wildman–Crippen MR) is 104 cm³/mol. The van der Waals surface area contributed by atoms with Gasteiger partial charge in [0.1, 0.15) is 5.75 Å². The lowest BCUT2D eigenvalue weighted by molar-refractivity contribution is -0.137. The Morgan fingerprint density at radius 2 is 1.40 bits per heavy atom. The smallest absolute Gasteiger partial charge is 0.418 e. The van der Waals surface area contributed by atoms with Crippen molar-refractivity contribution in [2.24, 2.45) is 0 Å². The molecule has 0 radical (unpaired) electrons. The Labute approximate surface area is 171 Å². The molecule has 0 fully saturated rings. The number of halogens is 3. The lowest BCUT2D eigenvalue weighted by Crippen LogP contribution is -2.22. The molecule has 0 aliphatic rings. The third-order valence-corrected chi connectivity index (χ3v) is 5.85. The molecule has 30 heavy (non-hydrogen) atoms. The number of amides is 1. The maximum atomic E-state index is 13.0. The molecule has 0 saturated carbocycles. The molecule has 0 aliphatic carbocycles. The van der Waals surface area contributed by atoms with Crippen molar-refractivity contribution in [2.45, 2.75) is 16.0 Å².